The number of hydrogen-bond acceptors (Lipinski definition) is 15. The van der Waals surface area contributed by atoms with Gasteiger partial charge in [-0.3, -0.25) is 19.2 Å². The lowest BCUT2D eigenvalue weighted by Crippen LogP contribution is -2.82. The third-order valence-corrected chi connectivity index (χ3v) is 16.2. The van der Waals surface area contributed by atoms with Gasteiger partial charge in [-0.05, 0) is 90.3 Å². The van der Waals surface area contributed by atoms with Crippen molar-refractivity contribution in [2.75, 3.05) is 6.61 Å². The molecule has 3 aliphatic carbocycles. The minimum atomic E-state index is -2.43. The standard InChI is InChI=1S/C65H83NO15/c1-10-11-12-13-14-15-16-17-18-19-20-21-22-23-24-25-26-27-34-39-50(69)78-54(52(45-35-30-28-31-36-45)66-60(74)81-61(4,5)6)59(73)77-47-41-65(75)57(79-58(72)46-37-32-29-33-38-46)55-63(9,56(71)53(70)51(43(47)2)62(65,7)8)48(68)40-49-64(55,42-76-49)80-44(3)67/h11-12,14-15,17-18,20-21,23-24,26-33,35-38,43,47-49,51-52,54-55,57,68,75H,10,13,16,19,22,25,34,39-42H2,1-9H3,(H,66,74)/t43?,47?,48-,49+,51?,52?,54+,55-,57-,63+,64-,65+/m0/s1. The van der Waals surface area contributed by atoms with Crippen LogP contribution in [0.5, 0.6) is 0 Å². The summed E-state index contributed by atoms with van der Waals surface area (Å²) < 4.78 is 36.4. The fourth-order valence-corrected chi connectivity index (χ4v) is 12.0. The van der Waals surface area contributed by atoms with Crippen molar-refractivity contribution < 1.29 is 72.2 Å². The zero-order valence-corrected chi connectivity index (χ0v) is 48.4. The lowest BCUT2D eigenvalue weighted by Gasteiger charge is -2.67. The third kappa shape index (κ3) is 14.8. The first-order valence-electron chi connectivity index (χ1n) is 28.3. The maximum atomic E-state index is 15.2. The summed E-state index contributed by atoms with van der Waals surface area (Å²) in [6.45, 7) is 13.9. The Bertz CT molecular complexity index is 2720. The second-order valence-corrected chi connectivity index (χ2v) is 23.3. The third-order valence-electron chi connectivity index (χ3n) is 16.2. The predicted molar refractivity (Wildman–Crippen MR) is 304 cm³/mol. The second kappa shape index (κ2) is 27.8. The van der Waals surface area contributed by atoms with Crippen molar-refractivity contribution >= 4 is 41.5 Å². The number of ether oxygens (including phenoxy) is 6. The molecule has 0 radical (unpaired) electrons. The number of alkyl carbamates (subject to hydrolysis) is 1. The van der Waals surface area contributed by atoms with Gasteiger partial charge in [0.15, 0.2) is 5.60 Å². The first-order chi connectivity index (χ1) is 38.4. The fraction of sp³-hybridized carbons (Fsp3) is 0.523. The van der Waals surface area contributed by atoms with E-state index in [2.05, 4.69) is 60.8 Å². The van der Waals surface area contributed by atoms with E-state index in [0.717, 1.165) is 39.0 Å². The van der Waals surface area contributed by atoms with Crippen molar-refractivity contribution in [3.63, 3.8) is 0 Å². The largest absolute Gasteiger partial charge is 0.459 e. The number of allylic oxidation sites excluding steroid dienone is 12. The number of ketones is 2. The topological polar surface area (TPSA) is 227 Å². The van der Waals surface area contributed by atoms with Crippen LogP contribution in [0.4, 0.5) is 4.79 Å². The fourth-order valence-electron chi connectivity index (χ4n) is 12.0. The average Bonchev–Trinajstić information content (AvgIpc) is 1.14. The molecule has 6 rings (SSSR count). The van der Waals surface area contributed by atoms with Gasteiger partial charge in [0.05, 0.1) is 29.6 Å². The summed E-state index contributed by atoms with van der Waals surface area (Å²) in [6.07, 6.45) is 20.5. The molecule has 2 aromatic rings. The summed E-state index contributed by atoms with van der Waals surface area (Å²) in [5, 5.41) is 28.6. The molecule has 0 aromatic heterocycles. The molecule has 2 aromatic carbocycles. The van der Waals surface area contributed by atoms with Crippen molar-refractivity contribution in [2.24, 2.45) is 28.6 Å². The van der Waals surface area contributed by atoms with E-state index in [0.29, 0.717) is 12.0 Å². The van der Waals surface area contributed by atoms with Crippen LogP contribution in [0.1, 0.15) is 148 Å². The lowest BCUT2D eigenvalue weighted by atomic mass is 9.42. The van der Waals surface area contributed by atoms with Gasteiger partial charge in [0.25, 0.3) is 0 Å². The van der Waals surface area contributed by atoms with E-state index < -0.39 is 130 Å². The molecular formula is C65H83NO15. The van der Waals surface area contributed by atoms with Crippen molar-refractivity contribution in [3.05, 3.63) is 145 Å². The molecule has 1 amide bonds. The van der Waals surface area contributed by atoms with Crippen LogP contribution < -0.4 is 5.32 Å². The molecule has 3 N–H and O–H groups in total. The lowest BCUT2D eigenvalue weighted by molar-refractivity contribution is -0.350. The number of esters is 4. The van der Waals surface area contributed by atoms with E-state index in [4.69, 9.17) is 28.4 Å². The second-order valence-electron chi connectivity index (χ2n) is 23.3. The van der Waals surface area contributed by atoms with Crippen molar-refractivity contribution in [3.8, 4) is 0 Å². The Balaban J connectivity index is 1.28. The minimum absolute atomic E-state index is 0.0583. The van der Waals surface area contributed by atoms with Gasteiger partial charge in [-0.15, -0.1) is 0 Å². The molecule has 81 heavy (non-hydrogen) atoms. The van der Waals surface area contributed by atoms with Crippen LogP contribution in [-0.2, 0) is 52.4 Å². The van der Waals surface area contributed by atoms with Crippen LogP contribution in [0.2, 0.25) is 0 Å². The molecule has 4 aliphatic rings. The quantitative estimate of drug-likeness (QED) is 0.0407. The van der Waals surface area contributed by atoms with E-state index in [9.17, 15) is 29.4 Å². The number of carbonyl (C=O) groups excluding carboxylic acids is 7. The number of nitrogens with one attached hydrogen (secondary N) is 1. The number of amides is 1. The highest BCUT2D eigenvalue weighted by molar-refractivity contribution is 6.40. The number of aliphatic hydroxyl groups is 2. The van der Waals surface area contributed by atoms with Crippen molar-refractivity contribution in [1.82, 2.24) is 5.32 Å². The molecule has 1 aliphatic heterocycles. The number of rotatable bonds is 23. The summed E-state index contributed by atoms with van der Waals surface area (Å²) in [7, 11) is 0. The molecule has 4 unspecified atom stereocenters. The Kier molecular flexibility index (Phi) is 21.8. The molecular weight excluding hydrogens is 1030 g/mol. The number of fused-ring (bicyclic) bond motifs is 5. The highest BCUT2D eigenvalue weighted by Gasteiger charge is 2.79. The van der Waals surface area contributed by atoms with Crippen LogP contribution in [-0.4, -0.2) is 106 Å². The summed E-state index contributed by atoms with van der Waals surface area (Å²) >= 11 is 0. The van der Waals surface area contributed by atoms with Crippen LogP contribution in [0, 0.1) is 28.6 Å². The zero-order valence-electron chi connectivity index (χ0n) is 48.4. The Morgan fingerprint density at radius 3 is 1.85 bits per heavy atom. The van der Waals surface area contributed by atoms with Crippen LogP contribution in [0.15, 0.2) is 134 Å². The smallest absolute Gasteiger partial charge is 0.408 e. The van der Waals surface area contributed by atoms with Gasteiger partial charge in [-0.2, -0.15) is 0 Å². The Morgan fingerprint density at radius 2 is 1.33 bits per heavy atom. The molecule has 1 heterocycles. The predicted octanol–water partition coefficient (Wildman–Crippen LogP) is 10.4. The van der Waals surface area contributed by atoms with E-state index in [1.54, 1.807) is 90.1 Å². The molecule has 16 heteroatoms. The van der Waals surface area contributed by atoms with Crippen molar-refractivity contribution in [1.29, 1.82) is 0 Å². The molecule has 12 atom stereocenters. The number of Topliss-reactive ketones (excluding diaryl/α,β-unsaturated/α-hetero) is 2. The number of carbonyl (C=O) groups is 7. The number of aliphatic hydroxyl groups excluding tert-OH is 1. The number of benzene rings is 2. The zero-order chi connectivity index (χ0) is 59.2. The van der Waals surface area contributed by atoms with Gasteiger partial charge in [0, 0.05) is 43.4 Å². The SMILES string of the molecule is CCC=CCC=CCC=CCC=CCC=CCC=CCCC(=O)O[C@@H](C(=O)OC1C[C@@]2(O)[C@@H](OC(=O)c3ccccc3)[C@@H]3[C@]4(OC(C)=O)CO[C@@H]4C[C@H](O)[C@@]3(C)C(=O)C(=O)C(C1C)C2(C)C)C(NC(=O)OC(C)(C)C)c1ccccc1. The summed E-state index contributed by atoms with van der Waals surface area (Å²) in [6, 6.07) is 14.7. The van der Waals surface area contributed by atoms with E-state index in [-0.39, 0.29) is 31.4 Å². The minimum Gasteiger partial charge on any atom is -0.459 e. The summed E-state index contributed by atoms with van der Waals surface area (Å²) in [4.78, 5) is 101. The maximum Gasteiger partial charge on any atom is 0.408 e. The van der Waals surface area contributed by atoms with E-state index >= 15 is 14.4 Å². The Morgan fingerprint density at radius 1 is 0.790 bits per heavy atom. The van der Waals surface area contributed by atoms with E-state index in [1.165, 1.54) is 19.1 Å². The highest BCUT2D eigenvalue weighted by Crippen LogP contribution is 2.64. The van der Waals surface area contributed by atoms with E-state index in [1.807, 2.05) is 24.3 Å². The first kappa shape index (κ1) is 63.4. The van der Waals surface area contributed by atoms with Gasteiger partial charge < -0.3 is 44.0 Å². The van der Waals surface area contributed by atoms with Gasteiger partial charge in [-0.25, -0.2) is 14.4 Å². The molecule has 4 fully saturated rings. The molecule has 3 saturated carbocycles. The summed E-state index contributed by atoms with van der Waals surface area (Å²) in [5.74, 6) is -9.95. The number of hydrogen-bond donors (Lipinski definition) is 3. The van der Waals surface area contributed by atoms with Gasteiger partial charge >= 0.3 is 30.0 Å². The molecule has 16 nitrogen and oxygen atoms in total. The first-order valence-corrected chi connectivity index (χ1v) is 28.3. The Hall–Kier alpha value is -6.75. The van der Waals surface area contributed by atoms with Crippen LogP contribution >= 0.6 is 0 Å². The van der Waals surface area contributed by atoms with Gasteiger partial charge in [0.2, 0.25) is 17.7 Å². The molecule has 438 valence electrons. The average molecular weight is 1120 g/mol. The molecule has 2 bridgehead atoms. The summed E-state index contributed by atoms with van der Waals surface area (Å²) in [5.41, 5.74) is -8.63. The van der Waals surface area contributed by atoms with Gasteiger partial charge in [0.1, 0.15) is 35.6 Å². The van der Waals surface area contributed by atoms with Crippen LogP contribution in [0.3, 0.4) is 0 Å². The normalized spacial score (nSPS) is 28.9. The Labute approximate surface area is 477 Å². The molecule has 1 saturated heterocycles. The highest BCUT2D eigenvalue weighted by atomic mass is 16.6. The van der Waals surface area contributed by atoms with Gasteiger partial charge in [-0.1, -0.05) is 149 Å². The van der Waals surface area contributed by atoms with Crippen LogP contribution in [0.25, 0.3) is 0 Å². The maximum absolute atomic E-state index is 15.2. The monoisotopic (exact) mass is 1120 g/mol. The molecule has 0 spiro atoms. The van der Waals surface area contributed by atoms with Crippen molar-refractivity contribution in [2.45, 2.75) is 180 Å².